The number of rotatable bonds is 6. The van der Waals surface area contributed by atoms with Crippen LogP contribution in [0.3, 0.4) is 0 Å². The summed E-state index contributed by atoms with van der Waals surface area (Å²) < 4.78 is 1.29. The monoisotopic (exact) mass is 447 g/mol. The van der Waals surface area contributed by atoms with Crippen LogP contribution < -0.4 is 11.0 Å². The second kappa shape index (κ2) is 8.82. The van der Waals surface area contributed by atoms with Crippen molar-refractivity contribution in [1.82, 2.24) is 15.2 Å². The highest BCUT2D eigenvalue weighted by Gasteiger charge is 2.20. The standard InChI is InChI=1S/C22H17N5O4S/c1-14(23-24-21(28)18-8-5-13-32-18)19-20(15-6-3-2-4-7-15)25-26(22(19)29)16-9-11-17(12-10-16)27(30)31/h2-13,25H,1H3,(H,24,28). The van der Waals surface area contributed by atoms with Gasteiger partial charge in [-0.3, -0.25) is 24.8 Å². The number of H-pyrrole nitrogens is 1. The molecular weight excluding hydrogens is 430 g/mol. The minimum Gasteiger partial charge on any atom is -0.290 e. The fraction of sp³-hybridized carbons (Fsp3) is 0.0455. The molecule has 0 atom stereocenters. The Bertz CT molecular complexity index is 1350. The molecule has 0 unspecified atom stereocenters. The zero-order valence-electron chi connectivity index (χ0n) is 16.8. The lowest BCUT2D eigenvalue weighted by Crippen LogP contribution is -2.23. The maximum atomic E-state index is 13.3. The van der Waals surface area contributed by atoms with Gasteiger partial charge in [0.1, 0.15) is 0 Å². The topological polar surface area (TPSA) is 122 Å². The van der Waals surface area contributed by atoms with Crippen molar-refractivity contribution in [3.05, 3.63) is 103 Å². The van der Waals surface area contributed by atoms with Crippen LogP contribution in [0.1, 0.15) is 22.2 Å². The Labute approximate surface area is 185 Å². The van der Waals surface area contributed by atoms with Gasteiger partial charge in [-0.25, -0.2) is 10.1 Å². The molecule has 160 valence electrons. The molecule has 0 aliphatic carbocycles. The predicted molar refractivity (Wildman–Crippen MR) is 122 cm³/mol. The van der Waals surface area contributed by atoms with Crippen LogP contribution in [-0.4, -0.2) is 26.3 Å². The van der Waals surface area contributed by atoms with Crippen molar-refractivity contribution in [3.63, 3.8) is 0 Å². The van der Waals surface area contributed by atoms with Crippen molar-refractivity contribution in [1.29, 1.82) is 0 Å². The molecule has 0 aliphatic heterocycles. The van der Waals surface area contributed by atoms with Gasteiger partial charge in [0.25, 0.3) is 17.2 Å². The van der Waals surface area contributed by atoms with Gasteiger partial charge in [0.15, 0.2) is 0 Å². The average molecular weight is 447 g/mol. The number of hydrogen-bond donors (Lipinski definition) is 2. The molecule has 4 aromatic rings. The number of aromatic amines is 1. The van der Waals surface area contributed by atoms with Gasteiger partial charge < -0.3 is 0 Å². The Balaban J connectivity index is 1.78. The Morgan fingerprint density at radius 1 is 1.09 bits per heavy atom. The second-order valence-electron chi connectivity index (χ2n) is 6.76. The molecule has 2 N–H and O–H groups in total. The lowest BCUT2D eigenvalue weighted by atomic mass is 10.1. The van der Waals surface area contributed by atoms with Crippen molar-refractivity contribution in [2.24, 2.45) is 5.10 Å². The number of amides is 1. The summed E-state index contributed by atoms with van der Waals surface area (Å²) in [5, 5.41) is 19.9. The van der Waals surface area contributed by atoms with Gasteiger partial charge in [-0.1, -0.05) is 36.4 Å². The molecule has 2 aromatic heterocycles. The first kappa shape index (κ1) is 20.9. The fourth-order valence-electron chi connectivity index (χ4n) is 3.15. The van der Waals surface area contributed by atoms with E-state index in [0.29, 0.717) is 22.0 Å². The number of carbonyl (C=O) groups excluding carboxylic acids is 1. The van der Waals surface area contributed by atoms with Crippen LogP contribution in [0.5, 0.6) is 0 Å². The van der Waals surface area contributed by atoms with Gasteiger partial charge in [0.05, 0.1) is 32.5 Å². The molecule has 2 aromatic carbocycles. The van der Waals surface area contributed by atoms with E-state index >= 15 is 0 Å². The molecule has 0 saturated heterocycles. The molecule has 9 nitrogen and oxygen atoms in total. The second-order valence-corrected chi connectivity index (χ2v) is 7.71. The van der Waals surface area contributed by atoms with Crippen LogP contribution in [0, 0.1) is 10.1 Å². The molecule has 0 radical (unpaired) electrons. The van der Waals surface area contributed by atoms with E-state index in [1.54, 1.807) is 24.4 Å². The molecule has 0 fully saturated rings. The number of non-ortho nitro benzene ring substituents is 1. The third-order valence-electron chi connectivity index (χ3n) is 4.70. The number of carbonyl (C=O) groups is 1. The summed E-state index contributed by atoms with van der Waals surface area (Å²) in [5.41, 5.74) is 4.29. The minimum atomic E-state index is -0.505. The average Bonchev–Trinajstić information content (AvgIpc) is 3.46. The number of benzene rings is 2. The third-order valence-corrected chi connectivity index (χ3v) is 5.57. The first-order chi connectivity index (χ1) is 15.5. The molecule has 2 heterocycles. The number of nitrogens with zero attached hydrogens (tertiary/aromatic N) is 3. The largest absolute Gasteiger partial charge is 0.290 e. The quantitative estimate of drug-likeness (QED) is 0.264. The van der Waals surface area contributed by atoms with Crippen LogP contribution >= 0.6 is 11.3 Å². The zero-order valence-corrected chi connectivity index (χ0v) is 17.6. The summed E-state index contributed by atoms with van der Waals surface area (Å²) in [5.74, 6) is -0.369. The lowest BCUT2D eigenvalue weighted by Gasteiger charge is -2.03. The fourth-order valence-corrected chi connectivity index (χ4v) is 3.76. The molecule has 4 rings (SSSR count). The maximum absolute atomic E-state index is 13.3. The highest BCUT2D eigenvalue weighted by molar-refractivity contribution is 7.12. The molecule has 0 spiro atoms. The third kappa shape index (κ3) is 4.12. The van der Waals surface area contributed by atoms with Crippen molar-refractivity contribution < 1.29 is 9.72 Å². The first-order valence-corrected chi connectivity index (χ1v) is 10.4. The molecule has 1 amide bonds. The van der Waals surface area contributed by atoms with Crippen LogP contribution in [0.4, 0.5) is 5.69 Å². The van der Waals surface area contributed by atoms with Crippen LogP contribution in [0.25, 0.3) is 16.9 Å². The summed E-state index contributed by atoms with van der Waals surface area (Å²) in [6.07, 6.45) is 0. The number of nitro benzene ring substituents is 1. The number of nitro groups is 1. The highest BCUT2D eigenvalue weighted by atomic mass is 32.1. The summed E-state index contributed by atoms with van der Waals surface area (Å²) in [7, 11) is 0. The van der Waals surface area contributed by atoms with E-state index in [2.05, 4.69) is 15.6 Å². The normalized spacial score (nSPS) is 11.3. The van der Waals surface area contributed by atoms with Crippen molar-refractivity contribution in [2.75, 3.05) is 0 Å². The lowest BCUT2D eigenvalue weighted by molar-refractivity contribution is -0.384. The number of aromatic nitrogens is 2. The van der Waals surface area contributed by atoms with Crippen molar-refractivity contribution in [2.45, 2.75) is 6.92 Å². The summed E-state index contributed by atoms with van der Waals surface area (Å²) in [6, 6.07) is 18.3. The highest BCUT2D eigenvalue weighted by Crippen LogP contribution is 2.22. The molecule has 0 bridgehead atoms. The Kier molecular flexibility index (Phi) is 5.77. The predicted octanol–water partition coefficient (Wildman–Crippen LogP) is 3.96. The molecule has 32 heavy (non-hydrogen) atoms. The van der Waals surface area contributed by atoms with Crippen LogP contribution in [0.2, 0.25) is 0 Å². The number of nitrogens with one attached hydrogen (secondary N) is 2. The summed E-state index contributed by atoms with van der Waals surface area (Å²) >= 11 is 1.28. The first-order valence-electron chi connectivity index (χ1n) is 9.49. The summed E-state index contributed by atoms with van der Waals surface area (Å²) in [4.78, 5) is 36.5. The van der Waals surface area contributed by atoms with E-state index in [1.165, 1.54) is 40.3 Å². The van der Waals surface area contributed by atoms with Gasteiger partial charge in [0.2, 0.25) is 0 Å². The smallest absolute Gasteiger partial charge is 0.281 e. The van der Waals surface area contributed by atoms with E-state index in [9.17, 15) is 19.7 Å². The Morgan fingerprint density at radius 3 is 2.44 bits per heavy atom. The number of hydrogen-bond acceptors (Lipinski definition) is 6. The summed E-state index contributed by atoms with van der Waals surface area (Å²) in [6.45, 7) is 1.63. The molecule has 10 heteroatoms. The Hall–Kier alpha value is -4.31. The van der Waals surface area contributed by atoms with E-state index in [0.717, 1.165) is 5.56 Å². The number of hydrazone groups is 1. The van der Waals surface area contributed by atoms with Gasteiger partial charge in [0, 0.05) is 17.7 Å². The van der Waals surface area contributed by atoms with E-state index in [4.69, 9.17) is 0 Å². The number of thiophene rings is 1. The van der Waals surface area contributed by atoms with E-state index < -0.39 is 10.5 Å². The SMILES string of the molecule is CC(=NNC(=O)c1cccs1)c1c(-c2ccccc2)[nH]n(-c2ccc([N+](=O)[O-])cc2)c1=O. The van der Waals surface area contributed by atoms with Gasteiger partial charge >= 0.3 is 0 Å². The van der Waals surface area contributed by atoms with Crippen molar-refractivity contribution >= 4 is 28.6 Å². The minimum absolute atomic E-state index is 0.0779. The van der Waals surface area contributed by atoms with Crippen LogP contribution in [-0.2, 0) is 0 Å². The van der Waals surface area contributed by atoms with Gasteiger partial charge in [-0.2, -0.15) is 5.10 Å². The van der Waals surface area contributed by atoms with Gasteiger partial charge in [-0.05, 0) is 30.5 Å². The van der Waals surface area contributed by atoms with Crippen molar-refractivity contribution in [3.8, 4) is 16.9 Å². The Morgan fingerprint density at radius 2 is 1.81 bits per heavy atom. The van der Waals surface area contributed by atoms with Crippen LogP contribution in [0.15, 0.2) is 82.0 Å². The molecule has 0 saturated carbocycles. The zero-order chi connectivity index (χ0) is 22.7. The van der Waals surface area contributed by atoms with E-state index in [-0.39, 0.29) is 17.2 Å². The molecule has 0 aliphatic rings. The molecular formula is C22H17N5O4S. The van der Waals surface area contributed by atoms with E-state index in [1.807, 2.05) is 30.3 Å². The maximum Gasteiger partial charge on any atom is 0.281 e. The van der Waals surface area contributed by atoms with Gasteiger partial charge in [-0.15, -0.1) is 11.3 Å².